The molecule has 0 fully saturated rings. The second-order valence-electron chi connectivity index (χ2n) is 4.61. The van der Waals surface area contributed by atoms with Gasteiger partial charge in [-0.2, -0.15) is 5.10 Å². The van der Waals surface area contributed by atoms with Crippen LogP contribution in [0.3, 0.4) is 0 Å². The number of amides is 1. The molecule has 0 radical (unpaired) electrons. The van der Waals surface area contributed by atoms with Crippen LogP contribution in [0.1, 0.15) is 19.4 Å². The van der Waals surface area contributed by atoms with E-state index in [0.29, 0.717) is 0 Å². The van der Waals surface area contributed by atoms with E-state index < -0.39 is 0 Å². The Labute approximate surface area is 147 Å². The summed E-state index contributed by atoms with van der Waals surface area (Å²) in [7, 11) is 0. The molecule has 1 N–H and O–H groups in total. The number of nitrogens with zero attached hydrogens (tertiary/aromatic N) is 2. The van der Waals surface area contributed by atoms with Gasteiger partial charge < -0.3 is 0 Å². The average molecular weight is 425 g/mol. The van der Waals surface area contributed by atoms with Crippen LogP contribution >= 0.6 is 34.4 Å². The molecule has 1 aromatic heterocycles. The maximum Gasteiger partial charge on any atom is 0.253 e. The Morgan fingerprint density at radius 2 is 2.00 bits per heavy atom. The number of pyridine rings is 1. The van der Waals surface area contributed by atoms with Crippen molar-refractivity contribution in [3.8, 4) is 0 Å². The van der Waals surface area contributed by atoms with Gasteiger partial charge in [-0.25, -0.2) is 10.4 Å². The summed E-state index contributed by atoms with van der Waals surface area (Å²) in [6, 6.07) is 13.6. The Balaban J connectivity index is 1.93. The first-order valence-corrected chi connectivity index (χ1v) is 8.70. The molecule has 1 heterocycles. The zero-order chi connectivity index (χ0) is 15.9. The lowest BCUT2D eigenvalue weighted by Crippen LogP contribution is -2.27. The number of hydrogen-bond acceptors (Lipinski definition) is 4. The van der Waals surface area contributed by atoms with Crippen molar-refractivity contribution >= 4 is 46.0 Å². The molecule has 0 spiro atoms. The number of carbonyl (C=O) groups excluding carboxylic acids is 1. The second-order valence-corrected chi connectivity index (χ2v) is 7.21. The van der Waals surface area contributed by atoms with E-state index in [1.807, 2.05) is 56.3 Å². The van der Waals surface area contributed by atoms with E-state index in [2.05, 4.69) is 38.1 Å². The molecule has 4 nitrogen and oxygen atoms in total. The van der Waals surface area contributed by atoms with Gasteiger partial charge >= 0.3 is 0 Å². The average Bonchev–Trinajstić information content (AvgIpc) is 2.53. The van der Waals surface area contributed by atoms with Gasteiger partial charge in [-0.1, -0.05) is 30.0 Å². The molecule has 0 saturated heterocycles. The molecule has 114 valence electrons. The SMILES string of the molecule is C/C(=N/NC(=O)[C@H](C)Sc1ccccn1)c1ccc(I)cc1. The number of hydrogen-bond donors (Lipinski definition) is 1. The Hall–Kier alpha value is -1.41. The van der Waals surface area contributed by atoms with Crippen molar-refractivity contribution in [1.82, 2.24) is 10.4 Å². The highest BCUT2D eigenvalue weighted by molar-refractivity contribution is 14.1. The maximum atomic E-state index is 12.1. The topological polar surface area (TPSA) is 54.4 Å². The monoisotopic (exact) mass is 425 g/mol. The third-order valence-corrected chi connectivity index (χ3v) is 4.67. The predicted molar refractivity (Wildman–Crippen MR) is 99.1 cm³/mol. The van der Waals surface area contributed by atoms with Gasteiger partial charge in [0.1, 0.15) is 0 Å². The van der Waals surface area contributed by atoms with Gasteiger partial charge in [0.15, 0.2) is 0 Å². The number of benzene rings is 1. The second kappa shape index (κ2) is 8.28. The van der Waals surface area contributed by atoms with Crippen molar-refractivity contribution in [1.29, 1.82) is 0 Å². The summed E-state index contributed by atoms with van der Waals surface area (Å²) < 4.78 is 1.17. The lowest BCUT2D eigenvalue weighted by molar-refractivity contribution is -0.120. The molecule has 0 unspecified atom stereocenters. The van der Waals surface area contributed by atoms with Crippen LogP contribution in [0.25, 0.3) is 0 Å². The summed E-state index contributed by atoms with van der Waals surface area (Å²) in [6.07, 6.45) is 1.71. The third-order valence-electron chi connectivity index (χ3n) is 2.90. The van der Waals surface area contributed by atoms with Gasteiger partial charge in [-0.15, -0.1) is 0 Å². The molecular formula is C16H16IN3OS. The number of hydrazone groups is 1. The summed E-state index contributed by atoms with van der Waals surface area (Å²) >= 11 is 3.66. The zero-order valence-corrected chi connectivity index (χ0v) is 15.3. The van der Waals surface area contributed by atoms with Crippen LogP contribution in [0.15, 0.2) is 58.8 Å². The lowest BCUT2D eigenvalue weighted by atomic mass is 10.1. The maximum absolute atomic E-state index is 12.1. The standard InChI is InChI=1S/C16H16IN3OS/c1-11(13-6-8-14(17)9-7-13)19-20-16(21)12(2)22-15-5-3-4-10-18-15/h3-10,12H,1-2H3,(H,20,21)/b19-11-/t12-/m0/s1. The highest BCUT2D eigenvalue weighted by Gasteiger charge is 2.14. The third kappa shape index (κ3) is 5.10. The lowest BCUT2D eigenvalue weighted by Gasteiger charge is -2.09. The molecule has 6 heteroatoms. The smallest absolute Gasteiger partial charge is 0.253 e. The van der Waals surface area contributed by atoms with Crippen molar-refractivity contribution in [2.45, 2.75) is 24.1 Å². The Morgan fingerprint density at radius 3 is 2.64 bits per heavy atom. The van der Waals surface area contributed by atoms with Gasteiger partial charge in [-0.05, 0) is 66.3 Å². The van der Waals surface area contributed by atoms with Gasteiger partial charge in [0, 0.05) is 9.77 Å². The van der Waals surface area contributed by atoms with E-state index in [1.165, 1.54) is 15.3 Å². The molecule has 1 aromatic carbocycles. The van der Waals surface area contributed by atoms with E-state index in [-0.39, 0.29) is 11.2 Å². The molecule has 0 aliphatic rings. The first kappa shape index (κ1) is 17.0. The van der Waals surface area contributed by atoms with E-state index in [9.17, 15) is 4.79 Å². The number of carbonyl (C=O) groups is 1. The van der Waals surface area contributed by atoms with E-state index in [0.717, 1.165) is 16.3 Å². The quantitative estimate of drug-likeness (QED) is 0.344. The first-order valence-electron chi connectivity index (χ1n) is 6.74. The van der Waals surface area contributed by atoms with Crippen LogP contribution in [0.2, 0.25) is 0 Å². The minimum absolute atomic E-state index is 0.138. The number of halogens is 1. The predicted octanol–water partition coefficient (Wildman–Crippen LogP) is 3.71. The summed E-state index contributed by atoms with van der Waals surface area (Å²) in [6.45, 7) is 3.71. The highest BCUT2D eigenvalue weighted by atomic mass is 127. The number of rotatable bonds is 5. The van der Waals surface area contributed by atoms with Crippen molar-refractivity contribution in [3.05, 3.63) is 57.8 Å². The van der Waals surface area contributed by atoms with Gasteiger partial charge in [0.25, 0.3) is 5.91 Å². The van der Waals surface area contributed by atoms with Crippen LogP contribution in [0, 0.1) is 3.57 Å². The largest absolute Gasteiger partial charge is 0.272 e. The molecule has 1 amide bonds. The van der Waals surface area contributed by atoms with Crippen molar-refractivity contribution in [3.63, 3.8) is 0 Å². The van der Waals surface area contributed by atoms with Crippen LogP contribution in [0.4, 0.5) is 0 Å². The number of thioether (sulfide) groups is 1. The van der Waals surface area contributed by atoms with Crippen LogP contribution in [-0.4, -0.2) is 21.9 Å². The minimum Gasteiger partial charge on any atom is -0.272 e. The van der Waals surface area contributed by atoms with Gasteiger partial charge in [0.05, 0.1) is 16.0 Å². The Bertz CT molecular complexity index is 659. The number of aromatic nitrogens is 1. The normalized spacial score (nSPS) is 12.8. The number of nitrogens with one attached hydrogen (secondary N) is 1. The highest BCUT2D eigenvalue weighted by Crippen LogP contribution is 2.20. The summed E-state index contributed by atoms with van der Waals surface area (Å²) in [5, 5.41) is 4.73. The first-order chi connectivity index (χ1) is 10.6. The molecule has 0 bridgehead atoms. The fraction of sp³-hybridized carbons (Fsp3) is 0.188. The van der Waals surface area contributed by atoms with Crippen LogP contribution in [-0.2, 0) is 4.79 Å². The van der Waals surface area contributed by atoms with Crippen LogP contribution in [0.5, 0.6) is 0 Å². The molecule has 1 atom stereocenters. The molecule has 0 aliphatic carbocycles. The fourth-order valence-corrected chi connectivity index (χ4v) is 2.80. The van der Waals surface area contributed by atoms with Crippen LogP contribution < -0.4 is 5.43 Å². The van der Waals surface area contributed by atoms with E-state index in [4.69, 9.17) is 0 Å². The fourth-order valence-electron chi connectivity index (χ4n) is 1.64. The molecule has 0 aliphatic heterocycles. The van der Waals surface area contributed by atoms with Crippen molar-refractivity contribution in [2.75, 3.05) is 0 Å². The summed E-state index contributed by atoms with van der Waals surface area (Å²) in [4.78, 5) is 16.3. The van der Waals surface area contributed by atoms with E-state index >= 15 is 0 Å². The van der Waals surface area contributed by atoms with Gasteiger partial charge in [-0.3, -0.25) is 4.79 Å². The summed E-state index contributed by atoms with van der Waals surface area (Å²) in [5.41, 5.74) is 4.38. The van der Waals surface area contributed by atoms with Gasteiger partial charge in [0.2, 0.25) is 0 Å². The van der Waals surface area contributed by atoms with Crippen molar-refractivity contribution < 1.29 is 4.79 Å². The molecule has 2 aromatic rings. The van der Waals surface area contributed by atoms with E-state index in [1.54, 1.807) is 6.20 Å². The van der Waals surface area contributed by atoms with Crippen molar-refractivity contribution in [2.24, 2.45) is 5.10 Å². The molecular weight excluding hydrogens is 409 g/mol. The Morgan fingerprint density at radius 1 is 1.27 bits per heavy atom. The molecule has 2 rings (SSSR count). The molecule has 22 heavy (non-hydrogen) atoms. The minimum atomic E-state index is -0.261. The summed E-state index contributed by atoms with van der Waals surface area (Å²) in [5.74, 6) is -0.138. The zero-order valence-electron chi connectivity index (χ0n) is 12.3. The molecule has 0 saturated carbocycles. The Kier molecular flexibility index (Phi) is 6.38.